The van der Waals surface area contributed by atoms with Crippen LogP contribution in [-0.4, -0.2) is 48.2 Å². The van der Waals surface area contributed by atoms with Crippen LogP contribution in [0.3, 0.4) is 0 Å². The van der Waals surface area contributed by atoms with Crippen LogP contribution >= 0.6 is 0 Å². The molecule has 108 heavy (non-hydrogen) atoms. The third-order valence-electron chi connectivity index (χ3n) is 22.7. The molecule has 2 aliphatic heterocycles. The second kappa shape index (κ2) is 22.4. The van der Waals surface area contributed by atoms with E-state index in [0.29, 0.717) is 35.2 Å². The summed E-state index contributed by atoms with van der Waals surface area (Å²) in [4.78, 5) is 32.5. The van der Waals surface area contributed by atoms with Crippen molar-refractivity contribution >= 4 is 109 Å². The number of fused-ring (bicyclic) bond motifs is 24. The van der Waals surface area contributed by atoms with Crippen LogP contribution in [0.25, 0.3) is 233 Å². The highest BCUT2D eigenvalue weighted by atomic mass is 15.2. The molecule has 0 amide bonds. The summed E-state index contributed by atoms with van der Waals surface area (Å²) in [6, 6.07) is 123. The second-order valence-electron chi connectivity index (χ2n) is 28.5. The van der Waals surface area contributed by atoms with Crippen LogP contribution in [0.4, 0.5) is 0 Å². The second-order valence-corrected chi connectivity index (χ2v) is 28.5. The van der Waals surface area contributed by atoms with Crippen LogP contribution in [0, 0.1) is 0 Å². The Kier molecular flexibility index (Phi) is 12.2. The minimum atomic E-state index is 0.542. The third kappa shape index (κ3) is 8.41. The molecule has 498 valence electrons. The number of aromatic nitrogens is 10. The molecule has 0 unspecified atom stereocenters. The molecule has 0 saturated carbocycles. The summed E-state index contributed by atoms with van der Waals surface area (Å²) < 4.78 is 9.52. The van der Waals surface area contributed by atoms with Crippen molar-refractivity contribution in [2.45, 2.75) is 0 Å². The minimum Gasteiger partial charge on any atom is -0.308 e. The Labute approximate surface area is 617 Å². The molecule has 0 fully saturated rings. The molecule has 0 bridgehead atoms. The molecule has 2 aliphatic rings. The molecule has 0 spiro atoms. The van der Waals surface area contributed by atoms with Gasteiger partial charge in [-0.2, -0.15) is 19.9 Å². The van der Waals surface area contributed by atoms with E-state index in [1.54, 1.807) is 0 Å². The van der Waals surface area contributed by atoms with E-state index >= 15 is 0 Å². The van der Waals surface area contributed by atoms with E-state index in [-0.39, 0.29) is 0 Å². The Balaban J connectivity index is 0.677. The van der Waals surface area contributed by atoms with Gasteiger partial charge in [0.2, 0.25) is 11.9 Å². The lowest BCUT2D eigenvalue weighted by Gasteiger charge is -2.17. The Hall–Kier alpha value is -14.7. The van der Waals surface area contributed by atoms with E-state index in [0.717, 1.165) is 154 Å². The van der Waals surface area contributed by atoms with E-state index in [4.69, 9.17) is 29.9 Å². The van der Waals surface area contributed by atoms with Crippen molar-refractivity contribution in [1.29, 1.82) is 0 Å². The molecule has 8 heterocycles. The zero-order valence-electron chi connectivity index (χ0n) is 57.8. The molecule has 0 saturated heterocycles. The van der Waals surface area contributed by atoms with Gasteiger partial charge in [-0.15, -0.1) is 0 Å². The van der Waals surface area contributed by atoms with E-state index in [1.807, 2.05) is 24.3 Å². The fourth-order valence-electron chi connectivity index (χ4n) is 18.0. The highest BCUT2D eigenvalue weighted by molar-refractivity contribution is 6.25. The maximum absolute atomic E-state index is 5.62. The topological polar surface area (TPSA) is 97.1 Å². The number of nitrogens with zero attached hydrogens (tertiary/aromatic N) is 10. The van der Waals surface area contributed by atoms with Crippen LogP contribution in [0.15, 0.2) is 340 Å². The van der Waals surface area contributed by atoms with E-state index < -0.39 is 0 Å². The highest BCUT2D eigenvalue weighted by Gasteiger charge is 2.31. The molecular weight excluding hydrogens is 1320 g/mol. The van der Waals surface area contributed by atoms with Crippen molar-refractivity contribution in [2.75, 3.05) is 0 Å². The SMILES string of the molecule is c1ccc(-c2nc(-c3ccc4ccccc4c3)nc(-n3c4ccccc4c4cc5c(cc43)c3cccc4c3n5-c3ccccc3-c3cccc(-c5ccc6c(-c7nc(-c8ccccc8)nc(-n8c9ccccc9c9cc%10c(cc98)c8cccc9c8n%10-c8ccccc8-c8ccccc8-9)n7)cccc6c5)c3-4)n2)cc1. The van der Waals surface area contributed by atoms with Gasteiger partial charge < -0.3 is 9.13 Å². The van der Waals surface area contributed by atoms with Gasteiger partial charge in [0, 0.05) is 87.6 Å². The number of hydrogen-bond donors (Lipinski definition) is 0. The number of rotatable bonds is 7. The van der Waals surface area contributed by atoms with Crippen molar-refractivity contribution in [3.63, 3.8) is 0 Å². The molecule has 0 atom stereocenters. The minimum absolute atomic E-state index is 0.542. The Bertz CT molecular complexity index is 7690. The van der Waals surface area contributed by atoms with E-state index in [9.17, 15) is 0 Å². The van der Waals surface area contributed by atoms with Gasteiger partial charge in [0.05, 0.1) is 55.5 Å². The average molecular weight is 1370 g/mol. The summed E-state index contributed by atoms with van der Waals surface area (Å²) in [6.45, 7) is 0. The van der Waals surface area contributed by atoms with Gasteiger partial charge >= 0.3 is 0 Å². The lowest BCUT2D eigenvalue weighted by Crippen LogP contribution is -2.06. The number of benzene rings is 16. The first kappa shape index (κ1) is 58.7. The van der Waals surface area contributed by atoms with Crippen LogP contribution in [0.2, 0.25) is 0 Å². The van der Waals surface area contributed by atoms with Gasteiger partial charge in [-0.25, -0.2) is 9.97 Å². The third-order valence-corrected chi connectivity index (χ3v) is 22.7. The molecular formula is C98H56N10. The Morgan fingerprint density at radius 2 is 0.574 bits per heavy atom. The summed E-state index contributed by atoms with van der Waals surface area (Å²) in [5.74, 6) is 3.48. The Morgan fingerprint density at radius 1 is 0.176 bits per heavy atom. The van der Waals surface area contributed by atoms with Crippen molar-refractivity contribution in [2.24, 2.45) is 0 Å². The lowest BCUT2D eigenvalue weighted by atomic mass is 9.86. The lowest BCUT2D eigenvalue weighted by molar-refractivity contribution is 0.954. The van der Waals surface area contributed by atoms with Crippen LogP contribution in [0.1, 0.15) is 0 Å². The summed E-state index contributed by atoms with van der Waals surface area (Å²) in [7, 11) is 0. The van der Waals surface area contributed by atoms with E-state index in [2.05, 4.69) is 334 Å². The molecule has 0 radical (unpaired) electrons. The van der Waals surface area contributed by atoms with E-state index in [1.165, 1.54) is 44.3 Å². The average Bonchev–Trinajstić information content (AvgIpc) is 1.54. The summed E-state index contributed by atoms with van der Waals surface area (Å²) in [5.41, 5.74) is 26.3. The fraction of sp³-hybridized carbons (Fsp3) is 0. The quantitative estimate of drug-likeness (QED) is 0.158. The molecule has 6 aromatic heterocycles. The predicted molar refractivity (Wildman–Crippen MR) is 442 cm³/mol. The van der Waals surface area contributed by atoms with Crippen LogP contribution < -0.4 is 0 Å². The molecule has 24 rings (SSSR count). The first-order chi connectivity index (χ1) is 53.6. The number of hydrogen-bond acceptors (Lipinski definition) is 6. The van der Waals surface area contributed by atoms with Gasteiger partial charge in [0.15, 0.2) is 23.3 Å². The molecule has 22 aromatic rings. The zero-order chi connectivity index (χ0) is 70.4. The first-order valence-electron chi connectivity index (χ1n) is 36.7. The zero-order valence-corrected chi connectivity index (χ0v) is 57.8. The van der Waals surface area contributed by atoms with Crippen LogP contribution in [0.5, 0.6) is 0 Å². The molecule has 0 aliphatic carbocycles. The van der Waals surface area contributed by atoms with Crippen molar-refractivity contribution < 1.29 is 0 Å². The summed E-state index contributed by atoms with van der Waals surface area (Å²) >= 11 is 0. The van der Waals surface area contributed by atoms with Crippen LogP contribution in [-0.2, 0) is 0 Å². The summed E-state index contributed by atoms with van der Waals surface area (Å²) in [5, 5.41) is 13.4. The van der Waals surface area contributed by atoms with Gasteiger partial charge in [-0.05, 0) is 116 Å². The van der Waals surface area contributed by atoms with Crippen molar-refractivity contribution in [3.05, 3.63) is 340 Å². The smallest absolute Gasteiger partial charge is 0.238 e. The largest absolute Gasteiger partial charge is 0.308 e. The standard InChI is InChI=1S/C98H56N10/c1-3-24-58(25-4-1)93-99-95(63-48-47-57-23-7-8-28-60(57)51-63)103-97(101-93)107-84-45-17-13-34-70(84)79-54-87-81(56-88(79)107)75-40-22-42-77-90-65(36-20-37-72(90)69-33-12-16-44-83(69)106(87)92(75)77)62-49-50-64-61(52-62)29-19-41-76(64)96-100-94(59-26-5-2-6-27-59)102-98(104-96)108-85-46-18-14-35-71(85)78-53-86-80(55-89(78)108)74-39-21-38-73-67-31-10-9-30-66(67)68-32-11-15-43-82(68)105(86)91(73)74/h1-56H. The fourth-order valence-corrected chi connectivity index (χ4v) is 18.0. The monoisotopic (exact) mass is 1370 g/mol. The molecule has 16 aromatic carbocycles. The van der Waals surface area contributed by atoms with Crippen molar-refractivity contribution in [1.82, 2.24) is 48.2 Å². The number of para-hydroxylation sites is 6. The first-order valence-corrected chi connectivity index (χ1v) is 36.7. The van der Waals surface area contributed by atoms with Gasteiger partial charge in [0.25, 0.3) is 0 Å². The van der Waals surface area contributed by atoms with Crippen molar-refractivity contribution in [3.8, 4) is 124 Å². The normalized spacial score (nSPS) is 12.3. The molecule has 10 heteroatoms. The molecule has 0 N–H and O–H groups in total. The molecule has 10 nitrogen and oxygen atoms in total. The maximum atomic E-state index is 5.62. The van der Waals surface area contributed by atoms with Gasteiger partial charge in [0.1, 0.15) is 0 Å². The van der Waals surface area contributed by atoms with Gasteiger partial charge in [-0.3, -0.25) is 9.13 Å². The highest BCUT2D eigenvalue weighted by Crippen LogP contribution is 2.53. The van der Waals surface area contributed by atoms with Gasteiger partial charge in [-0.1, -0.05) is 279 Å². The Morgan fingerprint density at radius 3 is 1.21 bits per heavy atom. The maximum Gasteiger partial charge on any atom is 0.238 e. The predicted octanol–water partition coefficient (Wildman–Crippen LogP) is 24.4. The summed E-state index contributed by atoms with van der Waals surface area (Å²) in [6.07, 6.45) is 0.